The van der Waals surface area contributed by atoms with Gasteiger partial charge in [0, 0.05) is 62.2 Å². The van der Waals surface area contributed by atoms with E-state index in [0.29, 0.717) is 37.4 Å². The number of thiazole rings is 1. The first-order valence-corrected chi connectivity index (χ1v) is 20.1. The average Bonchev–Trinajstić information content (AvgIpc) is 3.73. The number of aryl methyl sites for hydroxylation is 1. The van der Waals surface area contributed by atoms with E-state index in [0.717, 1.165) is 73.8 Å². The number of aromatic nitrogens is 2. The smallest absolute Gasteiger partial charge is 0.414 e. The number of carbonyl (C=O) groups is 4. The van der Waals surface area contributed by atoms with Crippen molar-refractivity contribution in [3.63, 3.8) is 0 Å². The van der Waals surface area contributed by atoms with Gasteiger partial charge in [-0.05, 0) is 119 Å². The van der Waals surface area contributed by atoms with Crippen LogP contribution in [0.3, 0.4) is 0 Å². The van der Waals surface area contributed by atoms with Gasteiger partial charge in [-0.15, -0.1) is 11.3 Å². The monoisotopic (exact) mass is 788 g/mol. The Labute approximate surface area is 336 Å². The highest BCUT2D eigenvalue weighted by Gasteiger charge is 2.39. The van der Waals surface area contributed by atoms with Gasteiger partial charge in [0.2, 0.25) is 11.8 Å². The molecule has 0 bridgehead atoms. The maximum atomic E-state index is 13.5. The van der Waals surface area contributed by atoms with Crippen LogP contribution in [0.15, 0.2) is 72.9 Å². The van der Waals surface area contributed by atoms with Crippen LogP contribution in [0.1, 0.15) is 74.4 Å². The number of nitrogens with zero attached hydrogens (tertiary/aromatic N) is 5. The van der Waals surface area contributed by atoms with E-state index in [4.69, 9.17) is 14.5 Å². The Morgan fingerprint density at radius 2 is 1.74 bits per heavy atom. The van der Waals surface area contributed by atoms with E-state index < -0.39 is 23.6 Å². The predicted molar refractivity (Wildman–Crippen MR) is 223 cm³/mol. The highest BCUT2D eigenvalue weighted by atomic mass is 32.1. The third kappa shape index (κ3) is 8.93. The summed E-state index contributed by atoms with van der Waals surface area (Å²) in [4.78, 5) is 65.3. The number of ether oxygens (including phenoxy) is 2. The Morgan fingerprint density at radius 3 is 2.46 bits per heavy atom. The Morgan fingerprint density at radius 1 is 0.947 bits per heavy atom. The summed E-state index contributed by atoms with van der Waals surface area (Å²) in [5, 5.41) is 3.25. The second-order valence-electron chi connectivity index (χ2n) is 15.8. The van der Waals surface area contributed by atoms with E-state index in [-0.39, 0.29) is 18.2 Å². The number of carbonyl (C=O) groups excluding carboxylic acids is 4. The zero-order valence-electron chi connectivity index (χ0n) is 33.3. The number of rotatable bonds is 12. The van der Waals surface area contributed by atoms with Crippen molar-refractivity contribution in [3.05, 3.63) is 89.6 Å². The maximum Gasteiger partial charge on any atom is 0.414 e. The Bertz CT molecular complexity index is 2330. The lowest BCUT2D eigenvalue weighted by molar-refractivity contribution is -0.136. The van der Waals surface area contributed by atoms with Crippen LogP contribution in [0.4, 0.5) is 16.3 Å². The first kappa shape index (κ1) is 39.4. The number of amides is 4. The Hall–Kier alpha value is -5.82. The molecule has 1 atom stereocenters. The molecular formula is C44H48N6O6S. The molecule has 2 aliphatic heterocycles. The van der Waals surface area contributed by atoms with Gasteiger partial charge in [0.15, 0.2) is 0 Å². The van der Waals surface area contributed by atoms with Gasteiger partial charge in [0.25, 0.3) is 5.91 Å². The van der Waals surface area contributed by atoms with Crippen LogP contribution >= 0.6 is 11.3 Å². The molecule has 7 rings (SSSR count). The fraction of sp³-hybridized carbons (Fsp3) is 0.364. The highest BCUT2D eigenvalue weighted by molar-refractivity contribution is 7.21. The first-order valence-electron chi connectivity index (χ1n) is 19.3. The Kier molecular flexibility index (Phi) is 11.3. The summed E-state index contributed by atoms with van der Waals surface area (Å²) in [6.45, 7) is 8.92. The van der Waals surface area contributed by atoms with Crippen molar-refractivity contribution in [2.45, 2.75) is 78.0 Å². The van der Waals surface area contributed by atoms with E-state index in [1.165, 1.54) is 4.90 Å². The first-order chi connectivity index (χ1) is 27.2. The van der Waals surface area contributed by atoms with Gasteiger partial charge in [0.1, 0.15) is 28.2 Å². The maximum absolute atomic E-state index is 13.5. The van der Waals surface area contributed by atoms with Crippen LogP contribution in [0, 0.1) is 6.92 Å². The van der Waals surface area contributed by atoms with E-state index in [1.54, 1.807) is 28.4 Å². The van der Waals surface area contributed by atoms with Crippen molar-refractivity contribution in [2.75, 3.05) is 37.0 Å². The molecule has 13 heteroatoms. The quantitative estimate of drug-likeness (QED) is 0.0982. The van der Waals surface area contributed by atoms with Crippen molar-refractivity contribution >= 4 is 56.9 Å². The number of pyridine rings is 1. The van der Waals surface area contributed by atoms with Gasteiger partial charge < -0.3 is 19.3 Å². The number of fused-ring (bicyclic) bond motifs is 2. The summed E-state index contributed by atoms with van der Waals surface area (Å²) in [5.41, 5.74) is 6.64. The van der Waals surface area contributed by atoms with Crippen LogP contribution in [-0.2, 0) is 20.9 Å². The fourth-order valence-electron chi connectivity index (χ4n) is 7.12. The number of hydrogen-bond donors (Lipinski definition) is 1. The van der Waals surface area contributed by atoms with Crippen molar-refractivity contribution in [2.24, 2.45) is 0 Å². The lowest BCUT2D eigenvalue weighted by Gasteiger charge is -2.29. The zero-order valence-corrected chi connectivity index (χ0v) is 34.1. The molecule has 0 radical (unpaired) electrons. The van der Waals surface area contributed by atoms with E-state index in [9.17, 15) is 19.2 Å². The van der Waals surface area contributed by atoms with E-state index >= 15 is 0 Å². The standard InChI is InChI=1S/C44H48N6O6S/c1-27-22-28(29-11-18-38(45-25-29)48(5)6)10-14-33(27)41-46-35-16-12-31(24-37(35)57-41)49(43(54)56-44(2,3)4)20-8-7-9-21-55-32-13-15-34-30(23-32)26-50(42(34)53)36-17-19-39(51)47-40(36)52/h10-16,18,22-25,36H,7-9,17,19-21,26H2,1-6H3,(H,47,51,52). The summed E-state index contributed by atoms with van der Waals surface area (Å²) in [5.74, 6) is 0.610. The van der Waals surface area contributed by atoms with Gasteiger partial charge in [-0.1, -0.05) is 18.2 Å². The number of unbranched alkanes of at least 4 members (excludes halogenated alkanes) is 2. The number of anilines is 2. The van der Waals surface area contributed by atoms with Crippen LogP contribution in [-0.4, -0.2) is 77.6 Å². The Balaban J connectivity index is 0.972. The summed E-state index contributed by atoms with van der Waals surface area (Å²) in [6.07, 6.45) is 4.33. The third-order valence-electron chi connectivity index (χ3n) is 10.1. The lowest BCUT2D eigenvalue weighted by Crippen LogP contribution is -2.52. The number of imide groups is 1. The summed E-state index contributed by atoms with van der Waals surface area (Å²) in [7, 11) is 3.95. The van der Waals surface area contributed by atoms with Crippen LogP contribution in [0.5, 0.6) is 5.75 Å². The second-order valence-corrected chi connectivity index (χ2v) is 16.8. The molecule has 0 spiro atoms. The van der Waals surface area contributed by atoms with Crippen molar-refractivity contribution in [1.82, 2.24) is 20.2 Å². The summed E-state index contributed by atoms with van der Waals surface area (Å²) in [6, 6.07) is 21.1. The second kappa shape index (κ2) is 16.3. The molecule has 1 N–H and O–H groups in total. The average molecular weight is 789 g/mol. The SMILES string of the molecule is Cc1cc(-c2ccc(N(C)C)nc2)ccc1-c1nc2ccc(N(CCCCCOc3ccc4c(c3)CN(C3CCC(=O)NC3=O)C4=O)C(=O)OC(C)(C)C)cc2s1. The minimum Gasteiger partial charge on any atom is -0.494 e. The number of piperidine rings is 1. The molecule has 1 saturated heterocycles. The fourth-order valence-corrected chi connectivity index (χ4v) is 8.21. The molecule has 296 valence electrons. The van der Waals surface area contributed by atoms with Gasteiger partial charge >= 0.3 is 6.09 Å². The molecule has 0 saturated carbocycles. The molecule has 5 aromatic rings. The molecule has 4 heterocycles. The van der Waals surface area contributed by atoms with Gasteiger partial charge in [-0.25, -0.2) is 14.8 Å². The van der Waals surface area contributed by atoms with Crippen LogP contribution in [0.2, 0.25) is 0 Å². The van der Waals surface area contributed by atoms with E-state index in [2.05, 4.69) is 41.5 Å². The molecule has 3 aromatic carbocycles. The molecule has 1 fully saturated rings. The molecule has 0 aliphatic carbocycles. The van der Waals surface area contributed by atoms with Crippen LogP contribution < -0.4 is 19.9 Å². The molecule has 2 aliphatic rings. The minimum absolute atomic E-state index is 0.211. The van der Waals surface area contributed by atoms with Crippen LogP contribution in [0.25, 0.3) is 31.9 Å². The van der Waals surface area contributed by atoms with Gasteiger partial charge in [-0.3, -0.25) is 24.6 Å². The number of benzene rings is 3. The molecule has 4 amide bonds. The highest BCUT2D eigenvalue weighted by Crippen LogP contribution is 2.36. The van der Waals surface area contributed by atoms with Crippen molar-refractivity contribution in [1.29, 1.82) is 0 Å². The molecular weight excluding hydrogens is 741 g/mol. The molecule has 12 nitrogen and oxygen atoms in total. The summed E-state index contributed by atoms with van der Waals surface area (Å²) < 4.78 is 12.9. The molecule has 2 aromatic heterocycles. The van der Waals surface area contributed by atoms with Crippen molar-refractivity contribution < 1.29 is 28.7 Å². The minimum atomic E-state index is -0.655. The third-order valence-corrected chi connectivity index (χ3v) is 11.1. The lowest BCUT2D eigenvalue weighted by atomic mass is 10.0. The normalized spacial score (nSPS) is 15.4. The molecule has 57 heavy (non-hydrogen) atoms. The van der Waals surface area contributed by atoms with Gasteiger partial charge in [0.05, 0.1) is 16.8 Å². The predicted octanol–water partition coefficient (Wildman–Crippen LogP) is 8.15. The summed E-state index contributed by atoms with van der Waals surface area (Å²) >= 11 is 1.60. The van der Waals surface area contributed by atoms with Gasteiger partial charge in [-0.2, -0.15) is 0 Å². The zero-order chi connectivity index (χ0) is 40.4. The number of hydrogen-bond acceptors (Lipinski definition) is 10. The largest absolute Gasteiger partial charge is 0.494 e. The number of nitrogens with one attached hydrogen (secondary N) is 1. The van der Waals surface area contributed by atoms with E-state index in [1.807, 2.05) is 76.3 Å². The topological polar surface area (TPSA) is 134 Å². The van der Waals surface area contributed by atoms with Crippen molar-refractivity contribution in [3.8, 4) is 27.4 Å². The molecule has 1 unspecified atom stereocenters.